The van der Waals surface area contributed by atoms with Crippen molar-refractivity contribution in [2.24, 2.45) is 5.73 Å². The number of hydrogen-bond acceptors (Lipinski definition) is 3. The van der Waals surface area contributed by atoms with E-state index < -0.39 is 23.5 Å². The lowest BCUT2D eigenvalue weighted by molar-refractivity contribution is -0.149. The number of benzene rings is 1. The quantitative estimate of drug-likeness (QED) is 0.845. The minimum absolute atomic E-state index is 0.245. The van der Waals surface area contributed by atoms with Gasteiger partial charge in [-0.15, -0.1) is 0 Å². The molecule has 0 aliphatic rings. The van der Waals surface area contributed by atoms with E-state index in [1.54, 1.807) is 6.92 Å². The molecule has 0 amide bonds. The van der Waals surface area contributed by atoms with E-state index >= 15 is 0 Å². The molecule has 90 valence electrons. The Hall–Kier alpha value is -1.43. The van der Waals surface area contributed by atoms with Crippen LogP contribution in [0.15, 0.2) is 18.2 Å². The van der Waals surface area contributed by atoms with Gasteiger partial charge in [-0.05, 0) is 25.1 Å². The van der Waals surface area contributed by atoms with Crippen LogP contribution in [-0.4, -0.2) is 17.9 Å². The van der Waals surface area contributed by atoms with E-state index in [0.717, 1.165) is 12.1 Å². The molecule has 0 saturated heterocycles. The predicted octanol–water partition coefficient (Wildman–Crippen LogP) is 2.35. The molecule has 0 unspecified atom stereocenters. The first-order chi connectivity index (χ1) is 7.36. The van der Waals surface area contributed by atoms with Crippen molar-refractivity contribution in [1.82, 2.24) is 0 Å². The topological polar surface area (TPSA) is 55.5 Å². The van der Waals surface area contributed by atoms with Crippen LogP contribution in [0.2, 0.25) is 0 Å². The summed E-state index contributed by atoms with van der Waals surface area (Å²) >= 11 is 0. The van der Waals surface area contributed by atoms with Gasteiger partial charge in [-0.2, -0.15) is 13.2 Å². The van der Waals surface area contributed by atoms with E-state index in [1.165, 1.54) is 6.07 Å². The summed E-state index contributed by atoms with van der Waals surface area (Å²) in [5.41, 5.74) is 4.61. The molecule has 0 radical (unpaired) electrons. The minimum atomic E-state index is -4.59. The van der Waals surface area contributed by atoms with E-state index in [-0.39, 0.29) is 5.75 Å². The van der Waals surface area contributed by atoms with Gasteiger partial charge in [-0.25, -0.2) is 0 Å². The van der Waals surface area contributed by atoms with Crippen LogP contribution >= 0.6 is 0 Å². The molecule has 3 N–H and O–H groups in total. The van der Waals surface area contributed by atoms with Gasteiger partial charge in [-0.3, -0.25) is 0 Å². The lowest BCUT2D eigenvalue weighted by atomic mass is 10.1. The molecule has 1 rings (SSSR count). The molecule has 0 fully saturated rings. The van der Waals surface area contributed by atoms with Crippen LogP contribution in [0.3, 0.4) is 0 Å². The number of phenols is 1. The lowest BCUT2D eigenvalue weighted by Crippen LogP contribution is -2.28. The second kappa shape index (κ2) is 4.61. The van der Waals surface area contributed by atoms with Gasteiger partial charge in [0.05, 0.1) is 6.61 Å². The number of aromatic hydroxyl groups is 1. The zero-order chi connectivity index (χ0) is 12.3. The lowest BCUT2D eigenvalue weighted by Gasteiger charge is -2.17. The maximum atomic E-state index is 12.4. The zero-order valence-corrected chi connectivity index (χ0v) is 8.58. The highest BCUT2D eigenvalue weighted by Crippen LogP contribution is 2.36. The summed E-state index contributed by atoms with van der Waals surface area (Å²) in [5, 5.41) is 9.30. The summed E-state index contributed by atoms with van der Waals surface area (Å²) in [7, 11) is 0. The molecular formula is C10H12F3NO2. The Kier molecular flexibility index (Phi) is 3.64. The molecule has 1 aromatic carbocycles. The van der Waals surface area contributed by atoms with Crippen LogP contribution in [-0.2, 0) is 0 Å². The zero-order valence-electron chi connectivity index (χ0n) is 8.58. The molecule has 0 aromatic heterocycles. The molecule has 0 spiro atoms. The number of nitrogens with two attached hydrogens (primary N) is 1. The second-order valence-corrected chi connectivity index (χ2v) is 3.17. The third kappa shape index (κ3) is 2.79. The number of phenolic OH excluding ortho intramolecular Hbond substituents is 1. The molecule has 3 nitrogen and oxygen atoms in total. The van der Waals surface area contributed by atoms with Crippen molar-refractivity contribution in [3.63, 3.8) is 0 Å². The number of ether oxygens (including phenoxy) is 1. The van der Waals surface area contributed by atoms with E-state index in [0.29, 0.717) is 6.61 Å². The van der Waals surface area contributed by atoms with Crippen LogP contribution < -0.4 is 10.5 Å². The standard InChI is InChI=1S/C10H12F3NO2/c1-2-16-6-3-4-8(15)7(5-6)9(14)10(11,12)13/h3-5,9,15H,2,14H2,1H3/t9-/m0/s1. The average molecular weight is 235 g/mol. The van der Waals surface area contributed by atoms with E-state index in [2.05, 4.69) is 0 Å². The van der Waals surface area contributed by atoms with Crippen molar-refractivity contribution in [3.05, 3.63) is 23.8 Å². The minimum Gasteiger partial charge on any atom is -0.508 e. The highest BCUT2D eigenvalue weighted by molar-refractivity contribution is 5.41. The molecule has 0 heterocycles. The van der Waals surface area contributed by atoms with Crippen molar-refractivity contribution >= 4 is 0 Å². The third-order valence-corrected chi connectivity index (χ3v) is 2.00. The fourth-order valence-corrected chi connectivity index (χ4v) is 1.21. The predicted molar refractivity (Wildman–Crippen MR) is 52.3 cm³/mol. The summed E-state index contributed by atoms with van der Waals surface area (Å²) in [5.74, 6) is -0.247. The molecule has 0 saturated carbocycles. The molecular weight excluding hydrogens is 223 g/mol. The summed E-state index contributed by atoms with van der Waals surface area (Å²) in [6.45, 7) is 2.03. The maximum absolute atomic E-state index is 12.4. The van der Waals surface area contributed by atoms with Crippen LogP contribution in [0.1, 0.15) is 18.5 Å². The summed E-state index contributed by atoms with van der Waals surface area (Å²) < 4.78 is 42.1. The summed E-state index contributed by atoms with van der Waals surface area (Å²) in [6, 6.07) is 1.39. The van der Waals surface area contributed by atoms with Gasteiger partial charge in [0.15, 0.2) is 0 Å². The van der Waals surface area contributed by atoms with Gasteiger partial charge in [0.25, 0.3) is 0 Å². The Morgan fingerprint density at radius 1 is 1.44 bits per heavy atom. The molecule has 1 aromatic rings. The second-order valence-electron chi connectivity index (χ2n) is 3.17. The van der Waals surface area contributed by atoms with Crippen LogP contribution in [0.4, 0.5) is 13.2 Å². The van der Waals surface area contributed by atoms with Gasteiger partial charge >= 0.3 is 6.18 Å². The fourth-order valence-electron chi connectivity index (χ4n) is 1.21. The summed E-state index contributed by atoms with van der Waals surface area (Å²) in [6.07, 6.45) is -4.59. The molecule has 0 bridgehead atoms. The first kappa shape index (κ1) is 12.6. The van der Waals surface area contributed by atoms with E-state index in [1.807, 2.05) is 0 Å². The molecule has 0 aliphatic carbocycles. The molecule has 16 heavy (non-hydrogen) atoms. The number of rotatable bonds is 3. The van der Waals surface area contributed by atoms with E-state index in [9.17, 15) is 18.3 Å². The van der Waals surface area contributed by atoms with Crippen molar-refractivity contribution in [3.8, 4) is 11.5 Å². The van der Waals surface area contributed by atoms with Gasteiger partial charge in [0.1, 0.15) is 17.5 Å². The monoisotopic (exact) mass is 235 g/mol. The highest BCUT2D eigenvalue weighted by Gasteiger charge is 2.39. The smallest absolute Gasteiger partial charge is 0.407 e. The van der Waals surface area contributed by atoms with Gasteiger partial charge in [-0.1, -0.05) is 0 Å². The fraction of sp³-hybridized carbons (Fsp3) is 0.400. The summed E-state index contributed by atoms with van der Waals surface area (Å²) in [4.78, 5) is 0. The van der Waals surface area contributed by atoms with Crippen molar-refractivity contribution in [2.45, 2.75) is 19.1 Å². The van der Waals surface area contributed by atoms with Crippen LogP contribution in [0.25, 0.3) is 0 Å². The maximum Gasteiger partial charge on any atom is 0.407 e. The molecule has 1 atom stereocenters. The molecule has 6 heteroatoms. The average Bonchev–Trinajstić information content (AvgIpc) is 2.19. The Morgan fingerprint density at radius 2 is 2.06 bits per heavy atom. The Bertz CT molecular complexity index is 366. The Balaban J connectivity index is 3.07. The largest absolute Gasteiger partial charge is 0.508 e. The Labute approximate surface area is 90.6 Å². The van der Waals surface area contributed by atoms with Gasteiger partial charge in [0.2, 0.25) is 0 Å². The first-order valence-corrected chi connectivity index (χ1v) is 4.64. The van der Waals surface area contributed by atoms with Gasteiger partial charge in [0, 0.05) is 5.56 Å². The molecule has 0 aliphatic heterocycles. The third-order valence-electron chi connectivity index (χ3n) is 2.00. The van der Waals surface area contributed by atoms with Crippen molar-refractivity contribution in [2.75, 3.05) is 6.61 Å². The normalized spacial score (nSPS) is 13.6. The van der Waals surface area contributed by atoms with Crippen LogP contribution in [0, 0.1) is 0 Å². The number of hydrogen-bond donors (Lipinski definition) is 2. The number of halogens is 3. The highest BCUT2D eigenvalue weighted by atomic mass is 19.4. The first-order valence-electron chi connectivity index (χ1n) is 4.64. The SMILES string of the molecule is CCOc1ccc(O)c([C@H](N)C(F)(F)F)c1. The van der Waals surface area contributed by atoms with Gasteiger partial charge < -0.3 is 15.6 Å². The number of alkyl halides is 3. The van der Waals surface area contributed by atoms with Crippen LogP contribution in [0.5, 0.6) is 11.5 Å². The van der Waals surface area contributed by atoms with Crippen molar-refractivity contribution in [1.29, 1.82) is 0 Å². The van der Waals surface area contributed by atoms with Crippen molar-refractivity contribution < 1.29 is 23.0 Å². The Morgan fingerprint density at radius 3 is 2.56 bits per heavy atom. The van der Waals surface area contributed by atoms with E-state index in [4.69, 9.17) is 10.5 Å².